The Labute approximate surface area is 173 Å². The SMILES string of the molecule is CN1C(=O)C(NC(=O)NCC2CCCO2)N=C(c2ccccc2F)c2ccccc21. The van der Waals surface area contributed by atoms with Gasteiger partial charge in [-0.3, -0.25) is 4.79 Å². The van der Waals surface area contributed by atoms with Crippen LogP contribution in [0.25, 0.3) is 0 Å². The maximum atomic E-state index is 14.6. The minimum absolute atomic E-state index is 0.0232. The third kappa shape index (κ3) is 4.04. The first-order valence-electron chi connectivity index (χ1n) is 9.90. The normalized spacial score (nSPS) is 20.9. The molecule has 2 heterocycles. The van der Waals surface area contributed by atoms with Crippen LogP contribution >= 0.6 is 0 Å². The Kier molecular flexibility index (Phi) is 5.76. The number of aliphatic imine (C=N–C) groups is 1. The zero-order valence-corrected chi connectivity index (χ0v) is 16.6. The van der Waals surface area contributed by atoms with E-state index in [1.54, 1.807) is 49.5 Å². The molecule has 1 saturated heterocycles. The van der Waals surface area contributed by atoms with Crippen molar-refractivity contribution in [2.45, 2.75) is 25.1 Å². The summed E-state index contributed by atoms with van der Waals surface area (Å²) in [4.78, 5) is 31.4. The standard InChI is InChI=1S/C22H23FN4O3/c1-27-18-11-5-3-9-16(18)19(15-8-2-4-10-17(15)23)25-20(21(27)28)26-22(29)24-13-14-7-6-12-30-14/h2-5,8-11,14,20H,6-7,12-13H2,1H3,(H2,24,26,29). The van der Waals surface area contributed by atoms with Crippen LogP contribution in [0.4, 0.5) is 14.9 Å². The molecule has 1 fully saturated rings. The number of hydrogen-bond acceptors (Lipinski definition) is 4. The van der Waals surface area contributed by atoms with Crippen LogP contribution in [-0.2, 0) is 9.53 Å². The third-order valence-corrected chi connectivity index (χ3v) is 5.25. The highest BCUT2D eigenvalue weighted by molar-refractivity contribution is 6.20. The number of hydrogen-bond donors (Lipinski definition) is 2. The molecule has 2 aliphatic rings. The molecule has 0 aromatic heterocycles. The highest BCUT2D eigenvalue weighted by Gasteiger charge is 2.31. The van der Waals surface area contributed by atoms with Gasteiger partial charge in [-0.1, -0.05) is 30.3 Å². The molecule has 3 amide bonds. The number of amides is 3. The van der Waals surface area contributed by atoms with E-state index >= 15 is 0 Å². The number of anilines is 1. The van der Waals surface area contributed by atoms with Gasteiger partial charge in [-0.05, 0) is 31.0 Å². The van der Waals surface area contributed by atoms with Crippen LogP contribution in [-0.4, -0.2) is 50.1 Å². The topological polar surface area (TPSA) is 83.0 Å². The lowest BCUT2D eigenvalue weighted by Gasteiger charge is -2.21. The third-order valence-electron chi connectivity index (χ3n) is 5.25. The van der Waals surface area contributed by atoms with Crippen molar-refractivity contribution in [3.63, 3.8) is 0 Å². The van der Waals surface area contributed by atoms with E-state index in [9.17, 15) is 14.0 Å². The molecule has 156 valence electrons. The molecule has 30 heavy (non-hydrogen) atoms. The fraction of sp³-hybridized carbons (Fsp3) is 0.318. The Morgan fingerprint density at radius 1 is 1.20 bits per heavy atom. The highest BCUT2D eigenvalue weighted by atomic mass is 19.1. The summed E-state index contributed by atoms with van der Waals surface area (Å²) in [5.41, 5.74) is 1.78. The van der Waals surface area contributed by atoms with Crippen molar-refractivity contribution < 1.29 is 18.7 Å². The minimum Gasteiger partial charge on any atom is -0.376 e. The van der Waals surface area contributed by atoms with Gasteiger partial charge in [0, 0.05) is 31.3 Å². The molecular formula is C22H23FN4O3. The van der Waals surface area contributed by atoms with E-state index in [2.05, 4.69) is 15.6 Å². The fourth-order valence-electron chi connectivity index (χ4n) is 3.67. The molecule has 2 N–H and O–H groups in total. The largest absolute Gasteiger partial charge is 0.376 e. The lowest BCUT2D eigenvalue weighted by Crippen LogP contribution is -2.50. The molecule has 0 saturated carbocycles. The Balaban J connectivity index is 1.65. The number of nitrogens with zero attached hydrogens (tertiary/aromatic N) is 2. The predicted molar refractivity (Wildman–Crippen MR) is 111 cm³/mol. The lowest BCUT2D eigenvalue weighted by atomic mass is 10.00. The summed E-state index contributed by atoms with van der Waals surface area (Å²) in [6.45, 7) is 1.04. The molecule has 0 radical (unpaired) electrons. The van der Waals surface area contributed by atoms with Crippen molar-refractivity contribution in [2.24, 2.45) is 4.99 Å². The van der Waals surface area contributed by atoms with Gasteiger partial charge in [0.2, 0.25) is 6.17 Å². The number of ether oxygens (including phenoxy) is 1. The number of carbonyl (C=O) groups excluding carboxylic acids is 2. The van der Waals surface area contributed by atoms with Crippen molar-refractivity contribution in [2.75, 3.05) is 25.1 Å². The quantitative estimate of drug-likeness (QED) is 0.812. The maximum absolute atomic E-state index is 14.6. The van der Waals surface area contributed by atoms with E-state index in [0.29, 0.717) is 30.1 Å². The summed E-state index contributed by atoms with van der Waals surface area (Å²) in [5, 5.41) is 5.34. The van der Waals surface area contributed by atoms with Gasteiger partial charge in [0.15, 0.2) is 0 Å². The number of likely N-dealkylation sites (N-methyl/N-ethyl adjacent to an activating group) is 1. The molecule has 2 aliphatic heterocycles. The second-order valence-corrected chi connectivity index (χ2v) is 7.26. The van der Waals surface area contributed by atoms with Crippen LogP contribution in [0.1, 0.15) is 24.0 Å². The fourth-order valence-corrected chi connectivity index (χ4v) is 3.67. The van der Waals surface area contributed by atoms with Crippen LogP contribution in [0.2, 0.25) is 0 Å². The van der Waals surface area contributed by atoms with Crippen LogP contribution in [0.5, 0.6) is 0 Å². The van der Waals surface area contributed by atoms with Gasteiger partial charge in [0.05, 0.1) is 17.5 Å². The van der Waals surface area contributed by atoms with Crippen molar-refractivity contribution in [1.29, 1.82) is 0 Å². The molecule has 0 aliphatic carbocycles. The van der Waals surface area contributed by atoms with Gasteiger partial charge in [0.1, 0.15) is 5.82 Å². The Morgan fingerprint density at radius 3 is 2.67 bits per heavy atom. The van der Waals surface area contributed by atoms with E-state index < -0.39 is 23.9 Å². The molecule has 0 spiro atoms. The zero-order chi connectivity index (χ0) is 21.1. The highest BCUT2D eigenvalue weighted by Crippen LogP contribution is 2.27. The summed E-state index contributed by atoms with van der Waals surface area (Å²) in [6, 6.07) is 12.9. The summed E-state index contributed by atoms with van der Waals surface area (Å²) in [5.74, 6) is -0.870. The van der Waals surface area contributed by atoms with Crippen molar-refractivity contribution >= 4 is 23.3 Å². The maximum Gasteiger partial charge on any atom is 0.316 e. The molecule has 8 heteroatoms. The monoisotopic (exact) mass is 410 g/mol. The van der Waals surface area contributed by atoms with E-state index in [1.165, 1.54) is 11.0 Å². The van der Waals surface area contributed by atoms with E-state index in [1.807, 2.05) is 0 Å². The number of benzene rings is 2. The number of carbonyl (C=O) groups is 2. The molecule has 2 unspecified atom stereocenters. The minimum atomic E-state index is -1.19. The molecular weight excluding hydrogens is 387 g/mol. The van der Waals surface area contributed by atoms with E-state index in [0.717, 1.165) is 12.8 Å². The first-order chi connectivity index (χ1) is 14.5. The van der Waals surface area contributed by atoms with Gasteiger partial charge in [-0.2, -0.15) is 0 Å². The molecule has 4 rings (SSSR count). The number of nitrogens with one attached hydrogen (secondary N) is 2. The summed E-state index contributed by atoms with van der Waals surface area (Å²) >= 11 is 0. The van der Waals surface area contributed by atoms with Crippen LogP contribution < -0.4 is 15.5 Å². The van der Waals surface area contributed by atoms with Crippen LogP contribution in [0.15, 0.2) is 53.5 Å². The lowest BCUT2D eigenvalue weighted by molar-refractivity contribution is -0.119. The number of halogens is 1. The Bertz CT molecular complexity index is 988. The van der Waals surface area contributed by atoms with Gasteiger partial charge in [0.25, 0.3) is 5.91 Å². The average Bonchev–Trinajstić information content (AvgIpc) is 3.25. The molecule has 2 aromatic rings. The average molecular weight is 410 g/mol. The van der Waals surface area contributed by atoms with Crippen molar-refractivity contribution in [3.05, 3.63) is 65.5 Å². The summed E-state index contributed by atoms with van der Waals surface area (Å²) in [6.07, 6.45) is 0.636. The molecule has 2 aromatic carbocycles. The van der Waals surface area contributed by atoms with E-state index in [4.69, 9.17) is 4.74 Å². The molecule has 7 nitrogen and oxygen atoms in total. The predicted octanol–water partition coefficient (Wildman–Crippen LogP) is 2.44. The van der Waals surface area contributed by atoms with Crippen LogP contribution in [0, 0.1) is 5.82 Å². The summed E-state index contributed by atoms with van der Waals surface area (Å²) in [7, 11) is 1.61. The first kappa shape index (κ1) is 20.0. The van der Waals surface area contributed by atoms with Crippen molar-refractivity contribution in [1.82, 2.24) is 10.6 Å². The zero-order valence-electron chi connectivity index (χ0n) is 16.6. The van der Waals surface area contributed by atoms with Gasteiger partial charge in [-0.25, -0.2) is 14.2 Å². The number of rotatable bonds is 4. The number of para-hydroxylation sites is 1. The van der Waals surface area contributed by atoms with Crippen molar-refractivity contribution in [3.8, 4) is 0 Å². The number of fused-ring (bicyclic) bond motifs is 1. The Morgan fingerprint density at radius 2 is 1.93 bits per heavy atom. The second kappa shape index (κ2) is 8.62. The molecule has 0 bridgehead atoms. The molecule has 2 atom stereocenters. The Hall–Kier alpha value is -3.26. The number of benzodiazepines with no additional fused rings is 1. The van der Waals surface area contributed by atoms with Crippen LogP contribution in [0.3, 0.4) is 0 Å². The van der Waals surface area contributed by atoms with Gasteiger partial charge in [-0.15, -0.1) is 0 Å². The van der Waals surface area contributed by atoms with Gasteiger partial charge >= 0.3 is 6.03 Å². The first-order valence-corrected chi connectivity index (χ1v) is 9.90. The smallest absolute Gasteiger partial charge is 0.316 e. The number of urea groups is 1. The van der Waals surface area contributed by atoms with Gasteiger partial charge < -0.3 is 20.3 Å². The van der Waals surface area contributed by atoms with E-state index in [-0.39, 0.29) is 11.7 Å². The summed E-state index contributed by atoms with van der Waals surface area (Å²) < 4.78 is 20.1. The second-order valence-electron chi connectivity index (χ2n) is 7.26.